The summed E-state index contributed by atoms with van der Waals surface area (Å²) in [7, 11) is 0. The quantitative estimate of drug-likeness (QED) is 0.803. The molecule has 2 aromatic carbocycles. The molecule has 0 aliphatic carbocycles. The summed E-state index contributed by atoms with van der Waals surface area (Å²) in [6.07, 6.45) is 0. The second-order valence-electron chi connectivity index (χ2n) is 4.88. The van der Waals surface area contributed by atoms with Crippen LogP contribution in [0.5, 0.6) is 5.75 Å². The van der Waals surface area contributed by atoms with Crippen molar-refractivity contribution in [3.63, 3.8) is 0 Å². The van der Waals surface area contributed by atoms with Gasteiger partial charge < -0.3 is 10.1 Å². The van der Waals surface area contributed by atoms with Crippen LogP contribution in [-0.4, -0.2) is 6.54 Å². The molecule has 1 atom stereocenters. The van der Waals surface area contributed by atoms with Crippen LogP contribution in [0.2, 0.25) is 0 Å². The first-order valence-corrected chi connectivity index (χ1v) is 7.79. The van der Waals surface area contributed by atoms with Gasteiger partial charge >= 0.3 is 0 Å². The van der Waals surface area contributed by atoms with Gasteiger partial charge in [-0.05, 0) is 48.9 Å². The molecule has 112 valence electrons. The molecular weight excluding hydrogens is 333 g/mol. The van der Waals surface area contributed by atoms with Gasteiger partial charge in [0, 0.05) is 10.5 Å². The molecule has 4 heteroatoms. The Kier molecular flexibility index (Phi) is 5.76. The molecule has 21 heavy (non-hydrogen) atoms. The van der Waals surface area contributed by atoms with Crippen molar-refractivity contribution in [2.75, 3.05) is 6.54 Å². The van der Waals surface area contributed by atoms with Gasteiger partial charge in [-0.3, -0.25) is 0 Å². The molecule has 0 saturated carbocycles. The fourth-order valence-electron chi connectivity index (χ4n) is 2.07. The molecule has 1 N–H and O–H groups in total. The lowest BCUT2D eigenvalue weighted by atomic mass is 10.1. The van der Waals surface area contributed by atoms with Crippen LogP contribution in [0.3, 0.4) is 0 Å². The van der Waals surface area contributed by atoms with Crippen molar-refractivity contribution < 1.29 is 9.13 Å². The third kappa shape index (κ3) is 4.55. The molecule has 0 fully saturated rings. The Hall–Kier alpha value is -1.39. The van der Waals surface area contributed by atoms with E-state index in [1.54, 1.807) is 6.07 Å². The minimum absolute atomic E-state index is 0.130. The van der Waals surface area contributed by atoms with Crippen LogP contribution in [0.15, 0.2) is 46.9 Å². The lowest BCUT2D eigenvalue weighted by Gasteiger charge is -2.14. The maximum atomic E-state index is 14.1. The lowest BCUT2D eigenvalue weighted by molar-refractivity contribution is 0.290. The van der Waals surface area contributed by atoms with E-state index in [0.29, 0.717) is 6.61 Å². The first-order valence-electron chi connectivity index (χ1n) is 7.00. The van der Waals surface area contributed by atoms with Crippen molar-refractivity contribution in [1.82, 2.24) is 5.32 Å². The van der Waals surface area contributed by atoms with Crippen LogP contribution in [0.4, 0.5) is 4.39 Å². The van der Waals surface area contributed by atoms with Gasteiger partial charge in [0.2, 0.25) is 0 Å². The Morgan fingerprint density at radius 3 is 2.52 bits per heavy atom. The van der Waals surface area contributed by atoms with Gasteiger partial charge in [0.1, 0.15) is 6.61 Å². The normalized spacial score (nSPS) is 12.2. The minimum atomic E-state index is -0.325. The Morgan fingerprint density at radius 2 is 1.90 bits per heavy atom. The van der Waals surface area contributed by atoms with Gasteiger partial charge in [-0.25, -0.2) is 4.39 Å². The van der Waals surface area contributed by atoms with Crippen LogP contribution in [0.1, 0.15) is 31.0 Å². The highest BCUT2D eigenvalue weighted by atomic mass is 79.9. The zero-order valence-electron chi connectivity index (χ0n) is 12.2. The average Bonchev–Trinajstić information content (AvgIpc) is 2.48. The van der Waals surface area contributed by atoms with Crippen molar-refractivity contribution in [1.29, 1.82) is 0 Å². The molecule has 0 bridgehead atoms. The minimum Gasteiger partial charge on any atom is -0.486 e. The summed E-state index contributed by atoms with van der Waals surface area (Å²) in [5.41, 5.74) is 1.92. The number of hydrogen-bond donors (Lipinski definition) is 1. The van der Waals surface area contributed by atoms with E-state index in [0.717, 1.165) is 22.1 Å². The highest BCUT2D eigenvalue weighted by molar-refractivity contribution is 9.10. The Bertz CT molecular complexity index is 586. The van der Waals surface area contributed by atoms with E-state index in [-0.39, 0.29) is 17.6 Å². The monoisotopic (exact) mass is 351 g/mol. The molecule has 0 spiro atoms. The predicted molar refractivity (Wildman–Crippen MR) is 87.0 cm³/mol. The van der Waals surface area contributed by atoms with Crippen molar-refractivity contribution in [3.8, 4) is 5.75 Å². The maximum absolute atomic E-state index is 14.1. The van der Waals surface area contributed by atoms with Crippen LogP contribution in [0.25, 0.3) is 0 Å². The highest BCUT2D eigenvalue weighted by Crippen LogP contribution is 2.23. The van der Waals surface area contributed by atoms with E-state index >= 15 is 0 Å². The highest BCUT2D eigenvalue weighted by Gasteiger charge is 2.09. The Labute approximate surface area is 133 Å². The predicted octanol–water partition coefficient (Wildman–Crippen LogP) is 4.84. The standard InChI is InChI=1S/C17H19BrFNO/c1-3-20-12(2)14-6-9-17(16(19)10-14)21-11-13-4-7-15(18)8-5-13/h4-10,12,20H,3,11H2,1-2H3. The van der Waals surface area contributed by atoms with Crippen molar-refractivity contribution in [2.45, 2.75) is 26.5 Å². The molecular formula is C17H19BrFNO. The summed E-state index contributed by atoms with van der Waals surface area (Å²) in [5, 5.41) is 3.26. The van der Waals surface area contributed by atoms with Crippen molar-refractivity contribution in [2.24, 2.45) is 0 Å². The van der Waals surface area contributed by atoms with E-state index in [4.69, 9.17) is 4.74 Å². The van der Waals surface area contributed by atoms with Crippen LogP contribution in [0, 0.1) is 5.82 Å². The summed E-state index contributed by atoms with van der Waals surface area (Å²) >= 11 is 3.38. The second-order valence-corrected chi connectivity index (χ2v) is 5.80. The van der Waals surface area contributed by atoms with E-state index in [2.05, 4.69) is 21.2 Å². The summed E-state index contributed by atoms with van der Waals surface area (Å²) in [6, 6.07) is 13.0. The second kappa shape index (κ2) is 7.57. The zero-order valence-corrected chi connectivity index (χ0v) is 13.8. The first kappa shape index (κ1) is 16.0. The molecule has 0 aliphatic heterocycles. The molecule has 0 heterocycles. The molecule has 0 aromatic heterocycles. The number of benzene rings is 2. The zero-order chi connectivity index (χ0) is 15.2. The number of ether oxygens (including phenoxy) is 1. The molecule has 2 aromatic rings. The smallest absolute Gasteiger partial charge is 0.165 e. The number of hydrogen-bond acceptors (Lipinski definition) is 2. The van der Waals surface area contributed by atoms with Crippen molar-refractivity contribution in [3.05, 3.63) is 63.9 Å². The fraction of sp³-hybridized carbons (Fsp3) is 0.294. The van der Waals surface area contributed by atoms with Crippen LogP contribution in [-0.2, 0) is 6.61 Å². The van der Waals surface area contributed by atoms with Gasteiger partial charge in [0.05, 0.1) is 0 Å². The molecule has 0 amide bonds. The Morgan fingerprint density at radius 1 is 1.19 bits per heavy atom. The SMILES string of the molecule is CCNC(C)c1ccc(OCc2ccc(Br)cc2)c(F)c1. The summed E-state index contributed by atoms with van der Waals surface area (Å²) in [5.74, 6) is -0.0419. The molecule has 2 nitrogen and oxygen atoms in total. The van der Waals surface area contributed by atoms with E-state index < -0.39 is 0 Å². The molecule has 0 saturated heterocycles. The van der Waals surface area contributed by atoms with E-state index in [9.17, 15) is 4.39 Å². The van der Waals surface area contributed by atoms with Crippen LogP contribution < -0.4 is 10.1 Å². The topological polar surface area (TPSA) is 21.3 Å². The van der Waals surface area contributed by atoms with E-state index in [1.165, 1.54) is 6.07 Å². The first-order chi connectivity index (χ1) is 10.1. The van der Waals surface area contributed by atoms with Gasteiger partial charge in [-0.15, -0.1) is 0 Å². The van der Waals surface area contributed by atoms with Gasteiger partial charge in [0.15, 0.2) is 11.6 Å². The van der Waals surface area contributed by atoms with Gasteiger partial charge in [-0.1, -0.05) is 41.1 Å². The molecule has 0 radical (unpaired) electrons. The number of halogens is 2. The maximum Gasteiger partial charge on any atom is 0.165 e. The lowest BCUT2D eigenvalue weighted by Crippen LogP contribution is -2.17. The summed E-state index contributed by atoms with van der Waals surface area (Å²) in [4.78, 5) is 0. The van der Waals surface area contributed by atoms with Gasteiger partial charge in [0.25, 0.3) is 0 Å². The number of nitrogens with one attached hydrogen (secondary N) is 1. The third-order valence-corrected chi connectivity index (χ3v) is 3.80. The largest absolute Gasteiger partial charge is 0.486 e. The number of rotatable bonds is 6. The molecule has 1 unspecified atom stereocenters. The Balaban J connectivity index is 2.02. The van der Waals surface area contributed by atoms with Gasteiger partial charge in [-0.2, -0.15) is 0 Å². The average molecular weight is 352 g/mol. The van der Waals surface area contributed by atoms with Crippen molar-refractivity contribution >= 4 is 15.9 Å². The molecule has 2 rings (SSSR count). The summed E-state index contributed by atoms with van der Waals surface area (Å²) < 4.78 is 20.6. The third-order valence-electron chi connectivity index (χ3n) is 3.27. The molecule has 0 aliphatic rings. The van der Waals surface area contributed by atoms with E-state index in [1.807, 2.05) is 44.2 Å². The van der Waals surface area contributed by atoms with Crippen LogP contribution >= 0.6 is 15.9 Å². The summed E-state index contributed by atoms with van der Waals surface area (Å²) in [6.45, 7) is 5.25. The fourth-order valence-corrected chi connectivity index (χ4v) is 2.33.